The molecule has 0 spiro atoms. The maximum atomic E-state index is 9.06. The Kier molecular flexibility index (Phi) is 2.68. The lowest BCUT2D eigenvalue weighted by atomic mass is 9.99. The molecular weight excluding hydrogens is 164 g/mol. The van der Waals surface area contributed by atoms with Gasteiger partial charge in [-0.05, 0) is 31.0 Å². The molecule has 0 fully saturated rings. The van der Waals surface area contributed by atoms with Gasteiger partial charge in [-0.25, -0.2) is 0 Å². The number of aliphatic hydroxyl groups is 1. The van der Waals surface area contributed by atoms with Gasteiger partial charge in [-0.2, -0.15) is 0 Å². The lowest BCUT2D eigenvalue weighted by molar-refractivity contribution is 0.281. The summed E-state index contributed by atoms with van der Waals surface area (Å²) in [5.74, 6) is 0. The summed E-state index contributed by atoms with van der Waals surface area (Å²) < 4.78 is 0. The standard InChI is InChI=1S/C10H14N2O/c1-6-3-8(5-13)10(7(2)11)9(12)4-6/h3-4,11,13H,5,12H2,1-2H3. The number of nitrogen functional groups attached to an aromatic ring is 1. The molecular formula is C10H14N2O. The van der Waals surface area contributed by atoms with Crippen LogP contribution in [0.5, 0.6) is 0 Å². The zero-order valence-electron chi connectivity index (χ0n) is 7.89. The first-order valence-electron chi connectivity index (χ1n) is 4.11. The van der Waals surface area contributed by atoms with Crippen LogP contribution >= 0.6 is 0 Å². The minimum absolute atomic E-state index is 0.0720. The van der Waals surface area contributed by atoms with E-state index in [1.54, 1.807) is 6.92 Å². The highest BCUT2D eigenvalue weighted by Crippen LogP contribution is 2.20. The number of aryl methyl sites for hydroxylation is 1. The number of rotatable bonds is 2. The number of nitrogens with one attached hydrogen (secondary N) is 1. The maximum Gasteiger partial charge on any atom is 0.0689 e. The minimum atomic E-state index is -0.0720. The molecule has 1 aromatic carbocycles. The number of aliphatic hydroxyl groups excluding tert-OH is 1. The number of hydrogen-bond donors (Lipinski definition) is 3. The van der Waals surface area contributed by atoms with Crippen molar-refractivity contribution in [3.63, 3.8) is 0 Å². The van der Waals surface area contributed by atoms with Gasteiger partial charge in [-0.3, -0.25) is 0 Å². The van der Waals surface area contributed by atoms with E-state index in [1.807, 2.05) is 19.1 Å². The van der Waals surface area contributed by atoms with E-state index in [-0.39, 0.29) is 6.61 Å². The molecule has 3 nitrogen and oxygen atoms in total. The molecule has 13 heavy (non-hydrogen) atoms. The first kappa shape index (κ1) is 9.74. The summed E-state index contributed by atoms with van der Waals surface area (Å²) in [6, 6.07) is 3.66. The van der Waals surface area contributed by atoms with Gasteiger partial charge in [-0.1, -0.05) is 6.07 Å². The molecule has 0 heterocycles. The van der Waals surface area contributed by atoms with Gasteiger partial charge in [0.1, 0.15) is 0 Å². The second-order valence-electron chi connectivity index (χ2n) is 3.17. The Morgan fingerprint density at radius 1 is 1.54 bits per heavy atom. The molecule has 0 aliphatic heterocycles. The second kappa shape index (κ2) is 3.58. The van der Waals surface area contributed by atoms with Crippen LogP contribution in [0.25, 0.3) is 0 Å². The molecule has 0 aliphatic rings. The largest absolute Gasteiger partial charge is 0.398 e. The fraction of sp³-hybridized carbons (Fsp3) is 0.300. The van der Waals surface area contributed by atoms with Crippen LogP contribution in [0.15, 0.2) is 12.1 Å². The topological polar surface area (TPSA) is 70.1 Å². The smallest absolute Gasteiger partial charge is 0.0689 e. The fourth-order valence-corrected chi connectivity index (χ4v) is 1.47. The Labute approximate surface area is 77.7 Å². The van der Waals surface area contributed by atoms with E-state index < -0.39 is 0 Å². The molecule has 1 rings (SSSR count). The van der Waals surface area contributed by atoms with E-state index in [2.05, 4.69) is 0 Å². The fourth-order valence-electron chi connectivity index (χ4n) is 1.47. The van der Waals surface area contributed by atoms with E-state index in [1.165, 1.54) is 0 Å². The Bertz CT molecular complexity index is 345. The van der Waals surface area contributed by atoms with Crippen LogP contribution in [0.1, 0.15) is 23.6 Å². The summed E-state index contributed by atoms with van der Waals surface area (Å²) in [6.07, 6.45) is 0. The Morgan fingerprint density at radius 3 is 2.62 bits per heavy atom. The summed E-state index contributed by atoms with van der Waals surface area (Å²) in [6.45, 7) is 3.51. The molecule has 4 N–H and O–H groups in total. The highest BCUT2D eigenvalue weighted by atomic mass is 16.3. The van der Waals surface area contributed by atoms with Crippen molar-refractivity contribution >= 4 is 11.4 Å². The SMILES string of the molecule is CC(=N)c1c(N)cc(C)cc1CO. The van der Waals surface area contributed by atoms with E-state index in [0.717, 1.165) is 11.1 Å². The quantitative estimate of drug-likeness (QED) is 0.474. The third kappa shape index (κ3) is 1.87. The maximum absolute atomic E-state index is 9.06. The van der Waals surface area contributed by atoms with Crippen molar-refractivity contribution in [2.45, 2.75) is 20.5 Å². The number of benzene rings is 1. The van der Waals surface area contributed by atoms with Crippen LogP contribution in [-0.2, 0) is 6.61 Å². The molecule has 0 aromatic heterocycles. The number of anilines is 1. The molecule has 0 unspecified atom stereocenters. The Balaban J connectivity index is 3.38. The Morgan fingerprint density at radius 2 is 2.15 bits per heavy atom. The predicted molar refractivity (Wildman–Crippen MR) is 54.0 cm³/mol. The van der Waals surface area contributed by atoms with Crippen LogP contribution in [0, 0.1) is 12.3 Å². The first-order valence-corrected chi connectivity index (χ1v) is 4.11. The van der Waals surface area contributed by atoms with Crippen molar-refractivity contribution in [2.24, 2.45) is 0 Å². The highest BCUT2D eigenvalue weighted by Gasteiger charge is 2.08. The minimum Gasteiger partial charge on any atom is -0.398 e. The second-order valence-corrected chi connectivity index (χ2v) is 3.17. The molecule has 0 atom stereocenters. The van der Waals surface area contributed by atoms with Gasteiger partial charge >= 0.3 is 0 Å². The molecule has 1 aromatic rings. The van der Waals surface area contributed by atoms with Gasteiger partial charge in [0.15, 0.2) is 0 Å². The van der Waals surface area contributed by atoms with Gasteiger partial charge in [0.05, 0.1) is 6.61 Å². The van der Waals surface area contributed by atoms with E-state index in [0.29, 0.717) is 17.0 Å². The van der Waals surface area contributed by atoms with Crippen molar-refractivity contribution in [3.05, 3.63) is 28.8 Å². The highest BCUT2D eigenvalue weighted by molar-refractivity contribution is 6.02. The van der Waals surface area contributed by atoms with E-state index >= 15 is 0 Å². The molecule has 0 saturated carbocycles. The van der Waals surface area contributed by atoms with Crippen molar-refractivity contribution in [1.29, 1.82) is 5.41 Å². The lowest BCUT2D eigenvalue weighted by Gasteiger charge is -2.10. The average molecular weight is 178 g/mol. The molecule has 0 saturated heterocycles. The van der Waals surface area contributed by atoms with Gasteiger partial charge in [-0.15, -0.1) is 0 Å². The molecule has 0 bridgehead atoms. The summed E-state index contributed by atoms with van der Waals surface area (Å²) in [5, 5.41) is 16.6. The van der Waals surface area contributed by atoms with Gasteiger partial charge in [0.25, 0.3) is 0 Å². The summed E-state index contributed by atoms with van der Waals surface area (Å²) >= 11 is 0. The third-order valence-electron chi connectivity index (χ3n) is 1.94. The molecule has 0 aliphatic carbocycles. The molecule has 0 radical (unpaired) electrons. The molecule has 70 valence electrons. The molecule has 3 heteroatoms. The van der Waals surface area contributed by atoms with Gasteiger partial charge in [0.2, 0.25) is 0 Å². The zero-order valence-corrected chi connectivity index (χ0v) is 7.89. The third-order valence-corrected chi connectivity index (χ3v) is 1.94. The van der Waals surface area contributed by atoms with Crippen LogP contribution < -0.4 is 5.73 Å². The average Bonchev–Trinajstić information content (AvgIpc) is 2.01. The zero-order chi connectivity index (χ0) is 10.0. The summed E-state index contributed by atoms with van der Waals surface area (Å²) in [7, 11) is 0. The normalized spacial score (nSPS) is 10.1. The summed E-state index contributed by atoms with van der Waals surface area (Å²) in [5.41, 5.74) is 9.10. The van der Waals surface area contributed by atoms with Crippen molar-refractivity contribution in [2.75, 3.05) is 5.73 Å². The van der Waals surface area contributed by atoms with Crippen LogP contribution in [0.3, 0.4) is 0 Å². The predicted octanol–water partition coefficient (Wildman–Crippen LogP) is 1.46. The molecule has 0 amide bonds. The summed E-state index contributed by atoms with van der Waals surface area (Å²) in [4.78, 5) is 0. The van der Waals surface area contributed by atoms with Gasteiger partial charge in [0, 0.05) is 17.0 Å². The lowest BCUT2D eigenvalue weighted by Crippen LogP contribution is -2.05. The van der Waals surface area contributed by atoms with Crippen molar-refractivity contribution in [1.82, 2.24) is 0 Å². The van der Waals surface area contributed by atoms with Crippen LogP contribution in [0.2, 0.25) is 0 Å². The number of nitrogens with two attached hydrogens (primary N) is 1. The van der Waals surface area contributed by atoms with Crippen molar-refractivity contribution in [3.8, 4) is 0 Å². The van der Waals surface area contributed by atoms with E-state index in [9.17, 15) is 0 Å². The number of hydrogen-bond acceptors (Lipinski definition) is 3. The Hall–Kier alpha value is -1.35. The van der Waals surface area contributed by atoms with E-state index in [4.69, 9.17) is 16.2 Å². The monoisotopic (exact) mass is 178 g/mol. The van der Waals surface area contributed by atoms with Crippen molar-refractivity contribution < 1.29 is 5.11 Å². The van der Waals surface area contributed by atoms with Gasteiger partial charge < -0.3 is 16.2 Å². The van der Waals surface area contributed by atoms with Crippen LogP contribution in [-0.4, -0.2) is 10.8 Å². The van der Waals surface area contributed by atoms with Crippen LogP contribution in [0.4, 0.5) is 5.69 Å². The first-order chi connectivity index (χ1) is 6.06.